The van der Waals surface area contributed by atoms with Gasteiger partial charge in [0.15, 0.2) is 0 Å². The van der Waals surface area contributed by atoms with Crippen LogP contribution in [0.2, 0.25) is 0 Å². The second-order valence-corrected chi connectivity index (χ2v) is 10.2. The van der Waals surface area contributed by atoms with E-state index in [9.17, 15) is 9.59 Å². The Labute approximate surface area is 142 Å². The molecule has 3 nitrogen and oxygen atoms in total. The van der Waals surface area contributed by atoms with Crippen molar-refractivity contribution >= 4 is 44.0 Å². The maximum atomic E-state index is 12.6. The van der Waals surface area contributed by atoms with Gasteiger partial charge in [-0.15, -0.1) is 9.24 Å². The lowest BCUT2D eigenvalue weighted by molar-refractivity contribution is -0.139. The Kier molecular flexibility index (Phi) is 5.78. The van der Waals surface area contributed by atoms with Crippen molar-refractivity contribution < 1.29 is 9.59 Å². The van der Waals surface area contributed by atoms with E-state index in [1.165, 1.54) is 0 Å². The molecular formula is C16H21INO2P. The number of rotatable bonds is 4. The van der Waals surface area contributed by atoms with E-state index in [4.69, 9.17) is 0 Å². The van der Waals surface area contributed by atoms with Crippen LogP contribution in [0.3, 0.4) is 0 Å². The third kappa shape index (κ3) is 4.26. The third-order valence-electron chi connectivity index (χ3n) is 4.20. The minimum atomic E-state index is -0.485. The van der Waals surface area contributed by atoms with Crippen molar-refractivity contribution in [3.8, 4) is 0 Å². The summed E-state index contributed by atoms with van der Waals surface area (Å²) in [6.07, 6.45) is 4.71. The van der Waals surface area contributed by atoms with E-state index in [0.717, 1.165) is 37.5 Å². The van der Waals surface area contributed by atoms with E-state index in [2.05, 4.69) is 31.8 Å². The Morgan fingerprint density at radius 2 is 1.95 bits per heavy atom. The molecule has 21 heavy (non-hydrogen) atoms. The fraction of sp³-hybridized carbons (Fsp3) is 0.500. The van der Waals surface area contributed by atoms with Crippen LogP contribution < -0.4 is 0 Å². The van der Waals surface area contributed by atoms with Crippen molar-refractivity contribution in [3.63, 3.8) is 0 Å². The van der Waals surface area contributed by atoms with Crippen LogP contribution in [0.15, 0.2) is 30.3 Å². The predicted molar refractivity (Wildman–Crippen MR) is 96.4 cm³/mol. The van der Waals surface area contributed by atoms with Crippen LogP contribution in [0.25, 0.3) is 0 Å². The first-order valence-corrected chi connectivity index (χ1v) is 8.85. The summed E-state index contributed by atoms with van der Waals surface area (Å²) < 4.78 is 0.233. The quantitative estimate of drug-likeness (QED) is 0.325. The van der Waals surface area contributed by atoms with Crippen molar-refractivity contribution in [2.75, 3.05) is 7.05 Å². The van der Waals surface area contributed by atoms with Gasteiger partial charge in [-0.3, -0.25) is 4.79 Å². The molecular weight excluding hydrogens is 396 g/mol. The molecule has 1 aromatic rings. The summed E-state index contributed by atoms with van der Waals surface area (Å²) in [5.74, 6) is 0.137. The zero-order valence-electron chi connectivity index (χ0n) is 12.2. The summed E-state index contributed by atoms with van der Waals surface area (Å²) in [5, 5.41) is 0. The third-order valence-corrected chi connectivity index (χ3v) is 5.86. The van der Waals surface area contributed by atoms with E-state index in [0.29, 0.717) is 0 Å². The summed E-state index contributed by atoms with van der Waals surface area (Å²) >= 11 is 2.45. The number of halogens is 1. The number of benzene rings is 1. The summed E-state index contributed by atoms with van der Waals surface area (Å²) in [6.45, 7) is 0. The van der Waals surface area contributed by atoms with Crippen LogP contribution in [-0.2, 0) is 9.59 Å². The second kappa shape index (κ2) is 7.19. The number of alkyl halides is 1. The van der Waals surface area contributed by atoms with Gasteiger partial charge in [-0.2, -0.15) is 0 Å². The molecule has 2 atom stereocenters. The first-order chi connectivity index (χ1) is 9.94. The van der Waals surface area contributed by atoms with E-state index in [1.807, 2.05) is 30.3 Å². The Morgan fingerprint density at radius 1 is 1.38 bits per heavy atom. The molecule has 1 aromatic carbocycles. The van der Waals surface area contributed by atoms with E-state index in [1.54, 1.807) is 11.9 Å². The number of amides is 1. The molecule has 0 heterocycles. The molecule has 1 aliphatic carbocycles. The van der Waals surface area contributed by atoms with Crippen molar-refractivity contribution in [3.05, 3.63) is 35.9 Å². The van der Waals surface area contributed by atoms with Crippen LogP contribution in [0.1, 0.15) is 37.3 Å². The molecule has 114 valence electrons. The number of likely N-dealkylation sites (N-methyl/N-ethyl adjacent to an activating group) is 1. The lowest BCUT2D eigenvalue weighted by Gasteiger charge is -2.35. The topological polar surface area (TPSA) is 37.4 Å². The minimum Gasteiger partial charge on any atom is -0.332 e. The molecule has 0 bridgehead atoms. The molecule has 1 aliphatic rings. The number of hydrogen-bond donors (Lipinski definition) is 0. The van der Waals surface area contributed by atoms with Crippen LogP contribution in [0.5, 0.6) is 0 Å². The van der Waals surface area contributed by atoms with Crippen LogP contribution in [0.4, 0.5) is 0 Å². The predicted octanol–water partition coefficient (Wildman–Crippen LogP) is 3.58. The van der Waals surface area contributed by atoms with E-state index >= 15 is 0 Å². The van der Waals surface area contributed by atoms with Gasteiger partial charge in [-0.25, -0.2) is 0 Å². The highest BCUT2D eigenvalue weighted by Gasteiger charge is 2.34. The molecule has 0 N–H and O–H groups in total. The Hall–Kier alpha value is -0.480. The van der Waals surface area contributed by atoms with Gasteiger partial charge in [0.2, 0.25) is 5.91 Å². The Balaban J connectivity index is 2.06. The molecule has 1 saturated carbocycles. The monoisotopic (exact) mass is 417 g/mol. The molecule has 1 fully saturated rings. The van der Waals surface area contributed by atoms with Gasteiger partial charge in [0.05, 0.1) is 0 Å². The van der Waals surface area contributed by atoms with Gasteiger partial charge >= 0.3 is 0 Å². The first kappa shape index (κ1) is 16.9. The zero-order valence-corrected chi connectivity index (χ0v) is 15.5. The lowest BCUT2D eigenvalue weighted by atomic mass is 9.87. The molecule has 0 aromatic heterocycles. The molecule has 0 radical (unpaired) electrons. The molecule has 0 saturated heterocycles. The van der Waals surface area contributed by atoms with Crippen LogP contribution >= 0.6 is 31.8 Å². The van der Waals surface area contributed by atoms with Crippen molar-refractivity contribution in [2.45, 2.75) is 34.9 Å². The Morgan fingerprint density at radius 3 is 2.48 bits per heavy atom. The van der Waals surface area contributed by atoms with Crippen LogP contribution in [-0.4, -0.2) is 27.3 Å². The maximum Gasteiger partial charge on any atom is 0.226 e. The largest absolute Gasteiger partial charge is 0.332 e. The van der Waals surface area contributed by atoms with Crippen molar-refractivity contribution in [2.24, 2.45) is 5.92 Å². The normalized spacial score (nSPS) is 26.9. The highest BCUT2D eigenvalue weighted by atomic mass is 127. The smallest absolute Gasteiger partial charge is 0.226 e. The Bertz CT molecular complexity index is 496. The van der Waals surface area contributed by atoms with Gasteiger partial charge in [0.1, 0.15) is 12.3 Å². The molecule has 1 amide bonds. The highest BCUT2D eigenvalue weighted by molar-refractivity contribution is 14.1. The number of carbonyl (C=O) groups is 2. The average Bonchev–Trinajstić information content (AvgIpc) is 2.48. The zero-order chi connectivity index (χ0) is 15.5. The fourth-order valence-electron chi connectivity index (χ4n) is 2.81. The number of hydrogen-bond acceptors (Lipinski definition) is 2. The van der Waals surface area contributed by atoms with Crippen molar-refractivity contribution in [1.29, 1.82) is 0 Å². The van der Waals surface area contributed by atoms with Gasteiger partial charge in [-0.1, -0.05) is 52.9 Å². The van der Waals surface area contributed by atoms with Gasteiger partial charge in [0, 0.05) is 16.1 Å². The average molecular weight is 417 g/mol. The molecule has 2 rings (SSSR count). The summed E-state index contributed by atoms with van der Waals surface area (Å²) in [7, 11) is 4.63. The molecule has 0 aliphatic heterocycles. The molecule has 1 unspecified atom stereocenters. The van der Waals surface area contributed by atoms with Crippen LogP contribution in [0, 0.1) is 5.92 Å². The molecule has 5 heteroatoms. The summed E-state index contributed by atoms with van der Waals surface area (Å²) in [6, 6.07) is 8.99. The first-order valence-electron chi connectivity index (χ1n) is 7.19. The number of aldehydes is 1. The maximum absolute atomic E-state index is 12.6. The summed E-state index contributed by atoms with van der Waals surface area (Å²) in [5.41, 5.74) is 0.869. The van der Waals surface area contributed by atoms with E-state index in [-0.39, 0.29) is 15.0 Å². The number of nitrogens with zero attached hydrogens (tertiary/aromatic N) is 1. The summed E-state index contributed by atoms with van der Waals surface area (Å²) in [4.78, 5) is 25.7. The highest BCUT2D eigenvalue weighted by Crippen LogP contribution is 2.44. The SMILES string of the molecule is CN(C(=O)C1CCC(P)(I)CC1)[C@@H](C=O)c1ccccc1. The van der Waals surface area contributed by atoms with Gasteiger partial charge < -0.3 is 9.69 Å². The van der Waals surface area contributed by atoms with Gasteiger partial charge in [-0.05, 0) is 31.2 Å². The van der Waals surface area contributed by atoms with Gasteiger partial charge in [0.25, 0.3) is 0 Å². The number of carbonyl (C=O) groups excluding carboxylic acids is 2. The standard InChI is InChI=1S/C16H21INO2P/c1-18(14(11-19)12-5-3-2-4-6-12)15(20)13-7-9-16(17,21)10-8-13/h2-6,11,13-14H,7-10,21H2,1H3/t13?,14-,16?/m0/s1. The molecule has 0 spiro atoms. The fourth-order valence-corrected chi connectivity index (χ4v) is 3.77. The van der Waals surface area contributed by atoms with E-state index < -0.39 is 6.04 Å². The minimum absolute atomic E-state index is 0.0459. The lowest BCUT2D eigenvalue weighted by Crippen LogP contribution is -2.39. The van der Waals surface area contributed by atoms with Crippen molar-refractivity contribution in [1.82, 2.24) is 4.90 Å². The second-order valence-electron chi connectivity index (χ2n) is 5.75.